The van der Waals surface area contributed by atoms with Crippen LogP contribution in [-0.2, 0) is 0 Å². The predicted octanol–water partition coefficient (Wildman–Crippen LogP) is 1.32. The van der Waals surface area contributed by atoms with Crippen LogP contribution < -0.4 is 5.43 Å². The molecule has 1 rings (SSSR count). The van der Waals surface area contributed by atoms with Crippen molar-refractivity contribution >= 4 is 0 Å². The normalized spacial score (nSPS) is 21.9. The van der Waals surface area contributed by atoms with Crippen LogP contribution in [0.3, 0.4) is 0 Å². The fourth-order valence-corrected chi connectivity index (χ4v) is 1.87. The zero-order chi connectivity index (χ0) is 10.8. The lowest BCUT2D eigenvalue weighted by atomic mass is 10.1. The Bertz CT molecular complexity index is 164. The van der Waals surface area contributed by atoms with Gasteiger partial charge in [0.1, 0.15) is 0 Å². The molecule has 3 nitrogen and oxygen atoms in total. The molecule has 0 amide bonds. The number of nitrogens with zero attached hydrogens (tertiary/aromatic N) is 2. The van der Waals surface area contributed by atoms with Crippen molar-refractivity contribution in [3.05, 3.63) is 0 Å². The fraction of sp³-hybridized carbons (Fsp3) is 1.00. The van der Waals surface area contributed by atoms with Crippen LogP contribution in [0.5, 0.6) is 0 Å². The highest BCUT2D eigenvalue weighted by Crippen LogP contribution is 2.14. The van der Waals surface area contributed by atoms with E-state index in [0.717, 1.165) is 13.1 Å². The van der Waals surface area contributed by atoms with Gasteiger partial charge in [-0.05, 0) is 34.6 Å². The molecule has 1 aliphatic rings. The maximum absolute atomic E-state index is 3.46. The van der Waals surface area contributed by atoms with Gasteiger partial charge in [0.2, 0.25) is 0 Å². The first-order valence-electron chi connectivity index (χ1n) is 5.66. The van der Waals surface area contributed by atoms with Gasteiger partial charge < -0.3 is 0 Å². The summed E-state index contributed by atoms with van der Waals surface area (Å²) in [6.07, 6.45) is 0. The number of hydrogen-bond acceptors (Lipinski definition) is 3. The van der Waals surface area contributed by atoms with Gasteiger partial charge in [-0.1, -0.05) is 0 Å². The van der Waals surface area contributed by atoms with E-state index in [1.165, 1.54) is 13.1 Å². The molecule has 1 N–H and O–H groups in total. The molecule has 0 aromatic rings. The van der Waals surface area contributed by atoms with E-state index in [1.54, 1.807) is 0 Å². The van der Waals surface area contributed by atoms with E-state index in [1.807, 2.05) is 0 Å². The Morgan fingerprint density at radius 2 is 1.50 bits per heavy atom. The first kappa shape index (κ1) is 12.0. The van der Waals surface area contributed by atoms with Crippen LogP contribution in [0.15, 0.2) is 0 Å². The lowest BCUT2D eigenvalue weighted by Crippen LogP contribution is -2.57. The fourth-order valence-electron chi connectivity index (χ4n) is 1.87. The number of hydrazine groups is 1. The SMILES string of the molecule is CC(C)NN1CCN(C(C)(C)C)CC1. The molecule has 1 heterocycles. The van der Waals surface area contributed by atoms with Crippen LogP contribution >= 0.6 is 0 Å². The molecule has 1 aliphatic heterocycles. The topological polar surface area (TPSA) is 18.5 Å². The predicted molar refractivity (Wildman–Crippen MR) is 61.2 cm³/mol. The van der Waals surface area contributed by atoms with E-state index in [4.69, 9.17) is 0 Å². The van der Waals surface area contributed by atoms with Gasteiger partial charge >= 0.3 is 0 Å². The molecule has 0 aromatic heterocycles. The maximum Gasteiger partial charge on any atom is 0.0259 e. The van der Waals surface area contributed by atoms with Gasteiger partial charge in [-0.15, -0.1) is 0 Å². The monoisotopic (exact) mass is 199 g/mol. The van der Waals surface area contributed by atoms with Crippen LogP contribution in [0.4, 0.5) is 0 Å². The van der Waals surface area contributed by atoms with E-state index in [2.05, 4.69) is 50.0 Å². The zero-order valence-electron chi connectivity index (χ0n) is 10.3. The molecule has 3 heteroatoms. The van der Waals surface area contributed by atoms with Crippen LogP contribution in [0, 0.1) is 0 Å². The van der Waals surface area contributed by atoms with Crippen molar-refractivity contribution in [2.75, 3.05) is 26.2 Å². The highest BCUT2D eigenvalue weighted by atomic mass is 15.5. The number of piperazine rings is 1. The average molecular weight is 199 g/mol. The molecule has 0 atom stereocenters. The molecule has 14 heavy (non-hydrogen) atoms. The van der Waals surface area contributed by atoms with Crippen molar-refractivity contribution in [1.29, 1.82) is 0 Å². The van der Waals surface area contributed by atoms with Crippen LogP contribution in [0.2, 0.25) is 0 Å². The van der Waals surface area contributed by atoms with Gasteiger partial charge in [0, 0.05) is 37.8 Å². The third-order valence-electron chi connectivity index (χ3n) is 2.67. The summed E-state index contributed by atoms with van der Waals surface area (Å²) in [5.74, 6) is 0. The first-order chi connectivity index (χ1) is 6.39. The minimum absolute atomic E-state index is 0.323. The molecule has 0 bridgehead atoms. The molecule has 0 unspecified atom stereocenters. The molecular formula is C11H25N3. The second-order valence-electron chi connectivity index (χ2n) is 5.43. The van der Waals surface area contributed by atoms with Crippen molar-refractivity contribution < 1.29 is 0 Å². The van der Waals surface area contributed by atoms with Gasteiger partial charge in [-0.2, -0.15) is 0 Å². The van der Waals surface area contributed by atoms with E-state index >= 15 is 0 Å². The van der Waals surface area contributed by atoms with Gasteiger partial charge in [0.15, 0.2) is 0 Å². The smallest absolute Gasteiger partial charge is 0.0259 e. The number of hydrogen-bond donors (Lipinski definition) is 1. The van der Waals surface area contributed by atoms with E-state index < -0.39 is 0 Å². The van der Waals surface area contributed by atoms with Crippen molar-refractivity contribution in [1.82, 2.24) is 15.3 Å². The third-order valence-corrected chi connectivity index (χ3v) is 2.67. The second kappa shape index (κ2) is 4.60. The highest BCUT2D eigenvalue weighted by Gasteiger charge is 2.25. The van der Waals surface area contributed by atoms with Crippen molar-refractivity contribution in [2.24, 2.45) is 0 Å². The number of nitrogens with one attached hydrogen (secondary N) is 1. The second-order valence-corrected chi connectivity index (χ2v) is 5.43. The molecule has 1 saturated heterocycles. The van der Waals surface area contributed by atoms with Crippen molar-refractivity contribution in [3.8, 4) is 0 Å². The minimum Gasteiger partial charge on any atom is -0.296 e. The Morgan fingerprint density at radius 1 is 1.00 bits per heavy atom. The lowest BCUT2D eigenvalue weighted by molar-refractivity contribution is 0.0320. The van der Waals surface area contributed by atoms with Gasteiger partial charge in [0.25, 0.3) is 0 Å². The lowest BCUT2D eigenvalue weighted by Gasteiger charge is -2.42. The van der Waals surface area contributed by atoms with Gasteiger partial charge in [-0.25, -0.2) is 5.01 Å². The Labute approximate surface area is 88.4 Å². The van der Waals surface area contributed by atoms with Gasteiger partial charge in [-0.3, -0.25) is 10.3 Å². The molecule has 0 radical (unpaired) electrons. The van der Waals surface area contributed by atoms with E-state index in [9.17, 15) is 0 Å². The average Bonchev–Trinajstić information content (AvgIpc) is 2.02. The van der Waals surface area contributed by atoms with E-state index in [0.29, 0.717) is 11.6 Å². The Morgan fingerprint density at radius 3 is 1.86 bits per heavy atom. The summed E-state index contributed by atoms with van der Waals surface area (Å²) >= 11 is 0. The van der Waals surface area contributed by atoms with Crippen LogP contribution in [0.25, 0.3) is 0 Å². The standard InChI is InChI=1S/C11H25N3/c1-10(2)12-14-8-6-13(7-9-14)11(3,4)5/h10,12H,6-9H2,1-5H3. The summed E-state index contributed by atoms with van der Waals surface area (Å²) in [6, 6.07) is 0.552. The minimum atomic E-state index is 0.323. The van der Waals surface area contributed by atoms with Crippen molar-refractivity contribution in [2.45, 2.75) is 46.2 Å². The summed E-state index contributed by atoms with van der Waals surface area (Å²) in [4.78, 5) is 2.55. The van der Waals surface area contributed by atoms with Crippen molar-refractivity contribution in [3.63, 3.8) is 0 Å². The summed E-state index contributed by atoms with van der Waals surface area (Å²) in [5.41, 5.74) is 3.78. The molecule has 0 saturated carbocycles. The van der Waals surface area contributed by atoms with Crippen LogP contribution in [0.1, 0.15) is 34.6 Å². The molecular weight excluding hydrogens is 174 g/mol. The molecule has 84 valence electrons. The summed E-state index contributed by atoms with van der Waals surface area (Å²) < 4.78 is 0. The zero-order valence-corrected chi connectivity index (χ0v) is 10.3. The maximum atomic E-state index is 3.46. The largest absolute Gasteiger partial charge is 0.296 e. The van der Waals surface area contributed by atoms with E-state index in [-0.39, 0.29) is 0 Å². The molecule has 0 aromatic carbocycles. The summed E-state index contributed by atoms with van der Waals surface area (Å²) in [5, 5.41) is 2.34. The molecule has 0 spiro atoms. The first-order valence-corrected chi connectivity index (χ1v) is 5.66. The van der Waals surface area contributed by atoms with Crippen LogP contribution in [-0.4, -0.2) is 47.7 Å². The van der Waals surface area contributed by atoms with Gasteiger partial charge in [0.05, 0.1) is 0 Å². The Balaban J connectivity index is 2.31. The third kappa shape index (κ3) is 3.56. The summed E-state index contributed by atoms with van der Waals surface area (Å²) in [7, 11) is 0. The Kier molecular flexibility index (Phi) is 3.93. The highest BCUT2D eigenvalue weighted by molar-refractivity contribution is 4.81. The summed E-state index contributed by atoms with van der Waals surface area (Å²) in [6.45, 7) is 15.9. The number of rotatable bonds is 2. The Hall–Kier alpha value is -0.120. The molecule has 0 aliphatic carbocycles. The quantitative estimate of drug-likeness (QED) is 0.723. The molecule has 1 fully saturated rings.